The van der Waals surface area contributed by atoms with Crippen molar-refractivity contribution < 1.29 is 9.53 Å². The molecule has 3 rings (SSSR count). The molecule has 0 unspecified atom stereocenters. The Morgan fingerprint density at radius 3 is 2.70 bits per heavy atom. The molecule has 2 aliphatic heterocycles. The molecule has 2 fully saturated rings. The summed E-state index contributed by atoms with van der Waals surface area (Å²) in [6.07, 6.45) is 1.92. The van der Waals surface area contributed by atoms with Gasteiger partial charge in [-0.2, -0.15) is 0 Å². The molecule has 5 heteroatoms. The number of aromatic nitrogens is 1. The molecular formula is C15H21N3O2. The number of nitrogens with zero attached hydrogens (tertiary/aromatic N) is 3. The highest BCUT2D eigenvalue weighted by molar-refractivity contribution is 5.88. The zero-order valence-corrected chi connectivity index (χ0v) is 12.1. The van der Waals surface area contributed by atoms with Gasteiger partial charge < -0.3 is 9.64 Å². The van der Waals surface area contributed by atoms with E-state index >= 15 is 0 Å². The monoisotopic (exact) mass is 275 g/mol. The summed E-state index contributed by atoms with van der Waals surface area (Å²) in [5.41, 5.74) is 1.10. The summed E-state index contributed by atoms with van der Waals surface area (Å²) in [6.45, 7) is 4.71. The van der Waals surface area contributed by atoms with Gasteiger partial charge in [-0.25, -0.2) is 9.78 Å². The summed E-state index contributed by atoms with van der Waals surface area (Å²) >= 11 is 0. The van der Waals surface area contributed by atoms with Gasteiger partial charge in [-0.1, -0.05) is 6.07 Å². The van der Waals surface area contributed by atoms with Gasteiger partial charge in [-0.3, -0.25) is 4.90 Å². The first-order valence-electron chi connectivity index (χ1n) is 7.27. The second-order valence-corrected chi connectivity index (χ2v) is 5.80. The smallest absolute Gasteiger partial charge is 0.415 e. The van der Waals surface area contributed by atoms with Gasteiger partial charge >= 0.3 is 6.09 Å². The third kappa shape index (κ3) is 2.63. The number of ether oxygens (including phenoxy) is 1. The number of rotatable bonds is 2. The van der Waals surface area contributed by atoms with E-state index in [0.717, 1.165) is 37.4 Å². The SMILES string of the molecule is C[C@H]1CN(c2cccc(C3CCN(C)CC3)n2)C(=O)O1. The van der Waals surface area contributed by atoms with Crippen molar-refractivity contribution in [1.29, 1.82) is 0 Å². The van der Waals surface area contributed by atoms with Crippen LogP contribution in [0.5, 0.6) is 0 Å². The lowest BCUT2D eigenvalue weighted by Gasteiger charge is -2.28. The fourth-order valence-electron chi connectivity index (χ4n) is 2.91. The predicted octanol–water partition coefficient (Wildman–Crippen LogP) is 2.24. The number of piperidine rings is 1. The van der Waals surface area contributed by atoms with E-state index in [0.29, 0.717) is 12.5 Å². The van der Waals surface area contributed by atoms with E-state index in [1.54, 1.807) is 4.90 Å². The zero-order chi connectivity index (χ0) is 14.1. The van der Waals surface area contributed by atoms with Crippen molar-refractivity contribution in [3.8, 4) is 0 Å². The van der Waals surface area contributed by atoms with Gasteiger partial charge in [0, 0.05) is 11.6 Å². The predicted molar refractivity (Wildman–Crippen MR) is 77.0 cm³/mol. The van der Waals surface area contributed by atoms with E-state index in [1.807, 2.05) is 19.1 Å². The summed E-state index contributed by atoms with van der Waals surface area (Å²) in [7, 11) is 2.15. The molecular weight excluding hydrogens is 254 g/mol. The molecule has 0 aromatic carbocycles. The van der Waals surface area contributed by atoms with E-state index in [1.165, 1.54) is 0 Å². The molecule has 1 atom stereocenters. The third-order valence-electron chi connectivity index (χ3n) is 4.13. The molecule has 0 aliphatic carbocycles. The lowest BCUT2D eigenvalue weighted by molar-refractivity contribution is 0.150. The van der Waals surface area contributed by atoms with Crippen LogP contribution >= 0.6 is 0 Å². The zero-order valence-electron chi connectivity index (χ0n) is 12.1. The van der Waals surface area contributed by atoms with Crippen molar-refractivity contribution in [3.05, 3.63) is 23.9 Å². The van der Waals surface area contributed by atoms with Crippen LogP contribution in [0.3, 0.4) is 0 Å². The van der Waals surface area contributed by atoms with E-state index in [4.69, 9.17) is 9.72 Å². The lowest BCUT2D eigenvalue weighted by atomic mass is 9.93. The summed E-state index contributed by atoms with van der Waals surface area (Å²) in [4.78, 5) is 20.4. The largest absolute Gasteiger partial charge is 0.444 e. The van der Waals surface area contributed by atoms with Crippen LogP contribution in [0, 0.1) is 0 Å². The average molecular weight is 275 g/mol. The minimum absolute atomic E-state index is 0.0590. The van der Waals surface area contributed by atoms with Crippen molar-refractivity contribution in [1.82, 2.24) is 9.88 Å². The number of anilines is 1. The van der Waals surface area contributed by atoms with Crippen LogP contribution in [0.1, 0.15) is 31.4 Å². The number of carbonyl (C=O) groups is 1. The molecule has 1 amide bonds. The normalized spacial score (nSPS) is 25.0. The minimum Gasteiger partial charge on any atom is -0.444 e. The van der Waals surface area contributed by atoms with Crippen molar-refractivity contribution in [2.45, 2.75) is 31.8 Å². The molecule has 0 bridgehead atoms. The van der Waals surface area contributed by atoms with E-state index < -0.39 is 0 Å². The highest BCUT2D eigenvalue weighted by Gasteiger charge is 2.30. The maximum absolute atomic E-state index is 11.8. The summed E-state index contributed by atoms with van der Waals surface area (Å²) in [5, 5.41) is 0. The molecule has 2 saturated heterocycles. The van der Waals surface area contributed by atoms with E-state index in [2.05, 4.69) is 18.0 Å². The molecule has 108 valence electrons. The minimum atomic E-state index is -0.287. The van der Waals surface area contributed by atoms with Crippen LogP contribution in [0.25, 0.3) is 0 Å². The topological polar surface area (TPSA) is 45.7 Å². The van der Waals surface area contributed by atoms with Gasteiger partial charge in [0.2, 0.25) is 0 Å². The molecule has 5 nitrogen and oxygen atoms in total. The van der Waals surface area contributed by atoms with Crippen molar-refractivity contribution in [2.75, 3.05) is 31.6 Å². The second-order valence-electron chi connectivity index (χ2n) is 5.80. The molecule has 2 aliphatic rings. The standard InChI is InChI=1S/C15H21N3O2/c1-11-10-18(15(19)20-11)14-5-3-4-13(16-14)12-6-8-17(2)9-7-12/h3-5,11-12H,6-10H2,1-2H3/t11-/m0/s1. The number of hydrogen-bond donors (Lipinski definition) is 0. The Bertz CT molecular complexity index is 498. The first-order chi connectivity index (χ1) is 9.63. The second kappa shape index (κ2) is 5.40. The van der Waals surface area contributed by atoms with Gasteiger partial charge in [-0.05, 0) is 52.0 Å². The van der Waals surface area contributed by atoms with Crippen LogP contribution in [0.4, 0.5) is 10.6 Å². The summed E-state index contributed by atoms with van der Waals surface area (Å²) in [6, 6.07) is 5.95. The Morgan fingerprint density at radius 2 is 2.05 bits per heavy atom. The molecule has 20 heavy (non-hydrogen) atoms. The van der Waals surface area contributed by atoms with Gasteiger partial charge in [0.15, 0.2) is 0 Å². The number of cyclic esters (lactones) is 1. The lowest BCUT2D eigenvalue weighted by Crippen LogP contribution is -2.30. The summed E-state index contributed by atoms with van der Waals surface area (Å²) in [5.74, 6) is 1.22. The Hall–Kier alpha value is -1.62. The van der Waals surface area contributed by atoms with Crippen molar-refractivity contribution >= 4 is 11.9 Å². The van der Waals surface area contributed by atoms with Gasteiger partial charge in [0.05, 0.1) is 6.54 Å². The van der Waals surface area contributed by atoms with Gasteiger partial charge in [0.25, 0.3) is 0 Å². The Morgan fingerprint density at radius 1 is 1.30 bits per heavy atom. The number of hydrogen-bond acceptors (Lipinski definition) is 4. The quantitative estimate of drug-likeness (QED) is 0.830. The van der Waals surface area contributed by atoms with Crippen LogP contribution in [0.15, 0.2) is 18.2 Å². The number of carbonyl (C=O) groups excluding carboxylic acids is 1. The maximum atomic E-state index is 11.8. The third-order valence-corrected chi connectivity index (χ3v) is 4.13. The molecule has 1 aromatic heterocycles. The Labute approximate surface area is 119 Å². The summed E-state index contributed by atoms with van der Waals surface area (Å²) < 4.78 is 5.17. The van der Waals surface area contributed by atoms with Gasteiger partial charge in [-0.15, -0.1) is 0 Å². The Balaban J connectivity index is 1.78. The van der Waals surface area contributed by atoms with Crippen molar-refractivity contribution in [2.24, 2.45) is 0 Å². The van der Waals surface area contributed by atoms with Crippen LogP contribution < -0.4 is 4.90 Å². The first-order valence-corrected chi connectivity index (χ1v) is 7.27. The highest BCUT2D eigenvalue weighted by atomic mass is 16.6. The maximum Gasteiger partial charge on any atom is 0.415 e. The molecule has 0 spiro atoms. The van der Waals surface area contributed by atoms with Crippen LogP contribution in [0.2, 0.25) is 0 Å². The fourth-order valence-corrected chi connectivity index (χ4v) is 2.91. The molecule has 3 heterocycles. The average Bonchev–Trinajstić information content (AvgIpc) is 2.79. The number of amides is 1. The number of pyridine rings is 1. The molecule has 0 radical (unpaired) electrons. The highest BCUT2D eigenvalue weighted by Crippen LogP contribution is 2.28. The molecule has 0 saturated carbocycles. The Kier molecular flexibility index (Phi) is 3.61. The van der Waals surface area contributed by atoms with Gasteiger partial charge in [0.1, 0.15) is 11.9 Å². The first kappa shape index (κ1) is 13.4. The van der Waals surface area contributed by atoms with Crippen LogP contribution in [-0.2, 0) is 4.74 Å². The van der Waals surface area contributed by atoms with Crippen LogP contribution in [-0.4, -0.2) is 48.8 Å². The van der Waals surface area contributed by atoms with E-state index in [9.17, 15) is 4.79 Å². The van der Waals surface area contributed by atoms with E-state index in [-0.39, 0.29) is 12.2 Å². The molecule has 1 aromatic rings. The molecule has 0 N–H and O–H groups in total. The van der Waals surface area contributed by atoms with Crippen molar-refractivity contribution in [3.63, 3.8) is 0 Å². The fraction of sp³-hybridized carbons (Fsp3) is 0.600. The number of likely N-dealkylation sites (tertiary alicyclic amines) is 1.